The van der Waals surface area contributed by atoms with Crippen LogP contribution in [-0.2, 0) is 17.7 Å². The molecule has 2 amide bonds. The number of pyridine rings is 1. The molecule has 26 heavy (non-hydrogen) atoms. The summed E-state index contributed by atoms with van der Waals surface area (Å²) in [6.45, 7) is 4.31. The highest BCUT2D eigenvalue weighted by Crippen LogP contribution is 2.30. The molecule has 8 nitrogen and oxygen atoms in total. The van der Waals surface area contributed by atoms with Crippen LogP contribution >= 0.6 is 0 Å². The van der Waals surface area contributed by atoms with Crippen LogP contribution in [0.1, 0.15) is 25.3 Å². The number of carbonyl (C=O) groups excluding carboxylic acids is 1. The smallest absolute Gasteiger partial charge is 0.320 e. The van der Waals surface area contributed by atoms with Crippen LogP contribution in [-0.4, -0.2) is 41.1 Å². The number of anilines is 1. The van der Waals surface area contributed by atoms with E-state index < -0.39 is 0 Å². The minimum atomic E-state index is -0.344. The van der Waals surface area contributed by atoms with E-state index in [4.69, 9.17) is 9.47 Å². The topological polar surface area (TPSA) is 90.3 Å². The number of amides is 2. The summed E-state index contributed by atoms with van der Waals surface area (Å²) in [7, 11) is 1.56. The lowest BCUT2D eigenvalue weighted by Crippen LogP contribution is -2.25. The van der Waals surface area contributed by atoms with Crippen molar-refractivity contribution in [1.29, 1.82) is 0 Å². The lowest BCUT2D eigenvalue weighted by atomic mass is 9.93. The van der Waals surface area contributed by atoms with E-state index >= 15 is 0 Å². The molecule has 1 aliphatic rings. The van der Waals surface area contributed by atoms with Gasteiger partial charge < -0.3 is 14.8 Å². The highest BCUT2D eigenvalue weighted by Gasteiger charge is 2.17. The fourth-order valence-corrected chi connectivity index (χ4v) is 2.98. The van der Waals surface area contributed by atoms with Gasteiger partial charge in [-0.2, -0.15) is 5.10 Å². The van der Waals surface area contributed by atoms with E-state index in [0.717, 1.165) is 38.0 Å². The third kappa shape index (κ3) is 4.51. The molecular weight excluding hydrogens is 334 g/mol. The number of carbonyl (C=O) groups is 1. The molecule has 0 aliphatic carbocycles. The SMILES string of the molecule is CCn1nccc1Oc1cc(CC2CCOCC2)cnc1NC(=O)NC. The Bertz CT molecular complexity index is 740. The van der Waals surface area contributed by atoms with E-state index in [0.29, 0.717) is 29.9 Å². The Morgan fingerprint density at radius 1 is 1.42 bits per heavy atom. The quantitative estimate of drug-likeness (QED) is 0.828. The summed E-state index contributed by atoms with van der Waals surface area (Å²) < 4.78 is 13.2. The molecule has 1 fully saturated rings. The average molecular weight is 359 g/mol. The van der Waals surface area contributed by atoms with Crippen LogP contribution < -0.4 is 15.4 Å². The minimum Gasteiger partial charge on any atom is -0.435 e. The van der Waals surface area contributed by atoms with Crippen LogP contribution in [0.15, 0.2) is 24.5 Å². The van der Waals surface area contributed by atoms with Gasteiger partial charge in [0.1, 0.15) is 0 Å². The Balaban J connectivity index is 1.83. The second-order valence-electron chi connectivity index (χ2n) is 6.24. The number of rotatable bonds is 6. The maximum atomic E-state index is 11.7. The van der Waals surface area contributed by atoms with Crippen molar-refractivity contribution < 1.29 is 14.3 Å². The van der Waals surface area contributed by atoms with Crippen molar-refractivity contribution in [3.05, 3.63) is 30.1 Å². The fraction of sp³-hybridized carbons (Fsp3) is 0.500. The molecular formula is C18H25N5O3. The van der Waals surface area contributed by atoms with Gasteiger partial charge in [0.2, 0.25) is 5.88 Å². The Labute approximate surface area is 152 Å². The predicted molar refractivity (Wildman–Crippen MR) is 97.5 cm³/mol. The molecule has 1 aliphatic heterocycles. The molecule has 8 heteroatoms. The summed E-state index contributed by atoms with van der Waals surface area (Å²) in [6, 6.07) is 3.39. The number of aromatic nitrogens is 3. The first-order valence-corrected chi connectivity index (χ1v) is 8.94. The number of nitrogens with zero attached hydrogens (tertiary/aromatic N) is 3. The third-order valence-corrected chi connectivity index (χ3v) is 4.43. The van der Waals surface area contributed by atoms with Crippen LogP contribution in [0.2, 0.25) is 0 Å². The van der Waals surface area contributed by atoms with Crippen molar-refractivity contribution in [1.82, 2.24) is 20.1 Å². The van der Waals surface area contributed by atoms with Gasteiger partial charge in [0.25, 0.3) is 0 Å². The first kappa shape index (κ1) is 18.2. The normalized spacial score (nSPS) is 14.8. The summed E-state index contributed by atoms with van der Waals surface area (Å²) in [5, 5.41) is 9.44. The lowest BCUT2D eigenvalue weighted by molar-refractivity contribution is 0.0665. The summed E-state index contributed by atoms with van der Waals surface area (Å²) in [5.74, 6) is 2.08. The van der Waals surface area contributed by atoms with Gasteiger partial charge in [0.15, 0.2) is 11.6 Å². The largest absolute Gasteiger partial charge is 0.435 e. The minimum absolute atomic E-state index is 0.344. The van der Waals surface area contributed by atoms with Gasteiger partial charge in [-0.05, 0) is 43.7 Å². The molecule has 3 rings (SSSR count). The van der Waals surface area contributed by atoms with Crippen LogP contribution in [0.4, 0.5) is 10.6 Å². The van der Waals surface area contributed by atoms with Crippen LogP contribution in [0, 0.1) is 5.92 Å². The lowest BCUT2D eigenvalue weighted by Gasteiger charge is -2.22. The molecule has 0 atom stereocenters. The maximum absolute atomic E-state index is 11.7. The van der Waals surface area contributed by atoms with Crippen molar-refractivity contribution >= 4 is 11.8 Å². The van der Waals surface area contributed by atoms with Crippen molar-refractivity contribution in [2.45, 2.75) is 32.7 Å². The predicted octanol–water partition coefficient (Wildman–Crippen LogP) is 2.81. The van der Waals surface area contributed by atoms with Gasteiger partial charge in [-0.1, -0.05) is 0 Å². The molecule has 3 heterocycles. The Hall–Kier alpha value is -2.61. The number of urea groups is 1. The van der Waals surface area contributed by atoms with Crippen LogP contribution in [0.25, 0.3) is 0 Å². The van der Waals surface area contributed by atoms with Gasteiger partial charge >= 0.3 is 6.03 Å². The first-order valence-electron chi connectivity index (χ1n) is 8.94. The van der Waals surface area contributed by atoms with Gasteiger partial charge in [-0.25, -0.2) is 14.5 Å². The summed E-state index contributed by atoms with van der Waals surface area (Å²) in [5.41, 5.74) is 1.08. The van der Waals surface area contributed by atoms with Crippen molar-refractivity contribution in [2.75, 3.05) is 25.6 Å². The molecule has 0 bridgehead atoms. The Morgan fingerprint density at radius 3 is 2.96 bits per heavy atom. The summed E-state index contributed by atoms with van der Waals surface area (Å²) in [4.78, 5) is 16.1. The van der Waals surface area contributed by atoms with Gasteiger partial charge in [0.05, 0.1) is 6.20 Å². The van der Waals surface area contributed by atoms with E-state index in [2.05, 4.69) is 20.7 Å². The molecule has 2 aromatic heterocycles. The second-order valence-corrected chi connectivity index (χ2v) is 6.24. The number of hydrogen-bond donors (Lipinski definition) is 2. The first-order chi connectivity index (χ1) is 12.7. The van der Waals surface area contributed by atoms with Gasteiger partial charge in [-0.15, -0.1) is 0 Å². The molecule has 2 N–H and O–H groups in total. The van der Waals surface area contributed by atoms with Crippen LogP contribution in [0.3, 0.4) is 0 Å². The van der Waals surface area contributed by atoms with E-state index in [1.54, 1.807) is 30.2 Å². The highest BCUT2D eigenvalue weighted by molar-refractivity contribution is 5.89. The number of ether oxygens (including phenoxy) is 2. The van der Waals surface area contributed by atoms with E-state index in [1.807, 2.05) is 13.0 Å². The molecule has 2 aromatic rings. The molecule has 0 aromatic carbocycles. The fourth-order valence-electron chi connectivity index (χ4n) is 2.98. The zero-order valence-corrected chi connectivity index (χ0v) is 15.2. The summed E-state index contributed by atoms with van der Waals surface area (Å²) in [6.07, 6.45) is 6.50. The maximum Gasteiger partial charge on any atom is 0.320 e. The molecule has 0 spiro atoms. The van der Waals surface area contributed by atoms with E-state index in [1.165, 1.54) is 0 Å². The Morgan fingerprint density at radius 2 is 2.23 bits per heavy atom. The third-order valence-electron chi connectivity index (χ3n) is 4.43. The zero-order valence-electron chi connectivity index (χ0n) is 15.2. The molecule has 0 unspecified atom stereocenters. The number of hydrogen-bond acceptors (Lipinski definition) is 5. The number of aryl methyl sites for hydroxylation is 1. The Kier molecular flexibility index (Phi) is 6.06. The zero-order chi connectivity index (χ0) is 18.4. The van der Waals surface area contributed by atoms with Gasteiger partial charge in [0, 0.05) is 39.1 Å². The van der Waals surface area contributed by atoms with Crippen molar-refractivity contribution in [3.63, 3.8) is 0 Å². The average Bonchev–Trinajstić information content (AvgIpc) is 3.11. The standard InChI is InChI=1S/C18H25N5O3/c1-3-23-16(4-7-21-23)26-15-11-14(10-13-5-8-25-9-6-13)12-20-17(15)22-18(24)19-2/h4,7,11-13H,3,5-6,8-10H2,1-2H3,(H2,19,20,22,24). The van der Waals surface area contributed by atoms with Crippen molar-refractivity contribution in [2.24, 2.45) is 5.92 Å². The molecule has 0 radical (unpaired) electrons. The highest BCUT2D eigenvalue weighted by atomic mass is 16.5. The van der Waals surface area contributed by atoms with E-state index in [-0.39, 0.29) is 6.03 Å². The van der Waals surface area contributed by atoms with E-state index in [9.17, 15) is 4.79 Å². The monoisotopic (exact) mass is 359 g/mol. The second kappa shape index (κ2) is 8.66. The van der Waals surface area contributed by atoms with Gasteiger partial charge in [-0.3, -0.25) is 5.32 Å². The van der Waals surface area contributed by atoms with Crippen molar-refractivity contribution in [3.8, 4) is 11.6 Å². The molecule has 0 saturated carbocycles. The number of nitrogens with one attached hydrogen (secondary N) is 2. The molecule has 140 valence electrons. The van der Waals surface area contributed by atoms with Crippen LogP contribution in [0.5, 0.6) is 11.6 Å². The molecule has 1 saturated heterocycles. The summed E-state index contributed by atoms with van der Waals surface area (Å²) >= 11 is 0.